The largest absolute Gasteiger partial charge is 0.468 e. The minimum absolute atomic E-state index is 0.171. The van der Waals surface area contributed by atoms with Gasteiger partial charge < -0.3 is 9.84 Å². The van der Waals surface area contributed by atoms with E-state index in [-0.39, 0.29) is 12.0 Å². The molecule has 1 N–H and O–H groups in total. The second kappa shape index (κ2) is 4.94. The van der Waals surface area contributed by atoms with E-state index in [2.05, 4.69) is 0 Å². The summed E-state index contributed by atoms with van der Waals surface area (Å²) in [5, 5.41) is 9.75. The van der Waals surface area contributed by atoms with Gasteiger partial charge in [-0.15, -0.1) is 0 Å². The van der Waals surface area contributed by atoms with Crippen molar-refractivity contribution in [3.05, 3.63) is 0 Å². The Kier molecular flexibility index (Phi) is 4.11. The Labute approximate surface area is 91.2 Å². The van der Waals surface area contributed by atoms with Gasteiger partial charge >= 0.3 is 5.97 Å². The number of esters is 1. The average Bonchev–Trinajstić information content (AvgIpc) is 2.15. The molecule has 0 aromatic carbocycles. The molecule has 0 saturated carbocycles. The fourth-order valence-corrected chi connectivity index (χ4v) is 2.08. The Balaban J connectivity index is 2.61. The molecule has 15 heavy (non-hydrogen) atoms. The summed E-state index contributed by atoms with van der Waals surface area (Å²) in [7, 11) is 1.42. The van der Waals surface area contributed by atoms with E-state index in [1.165, 1.54) is 7.11 Å². The van der Waals surface area contributed by atoms with Crippen LogP contribution in [0.15, 0.2) is 0 Å². The maximum absolute atomic E-state index is 11.5. The Morgan fingerprint density at radius 1 is 1.53 bits per heavy atom. The molecule has 0 aliphatic carbocycles. The molecule has 0 amide bonds. The predicted molar refractivity (Wildman–Crippen MR) is 57.5 cm³/mol. The molecule has 1 heterocycles. The van der Waals surface area contributed by atoms with Gasteiger partial charge in [0.05, 0.1) is 12.7 Å². The molecule has 4 heteroatoms. The quantitative estimate of drug-likeness (QED) is 0.707. The number of hydrogen-bond acceptors (Lipinski definition) is 4. The van der Waals surface area contributed by atoms with Gasteiger partial charge in [-0.05, 0) is 33.2 Å². The lowest BCUT2D eigenvalue weighted by Crippen LogP contribution is -2.50. The molecule has 0 radical (unpaired) electrons. The van der Waals surface area contributed by atoms with Gasteiger partial charge in [0.25, 0.3) is 0 Å². The van der Waals surface area contributed by atoms with Crippen molar-refractivity contribution in [3.63, 3.8) is 0 Å². The van der Waals surface area contributed by atoms with E-state index < -0.39 is 5.60 Å². The Bertz CT molecular complexity index is 222. The highest BCUT2D eigenvalue weighted by Crippen LogP contribution is 2.20. The van der Waals surface area contributed by atoms with E-state index in [4.69, 9.17) is 4.74 Å². The molecule has 1 rings (SSSR count). The van der Waals surface area contributed by atoms with Gasteiger partial charge in [-0.2, -0.15) is 0 Å². The van der Waals surface area contributed by atoms with Crippen LogP contribution in [0.5, 0.6) is 0 Å². The van der Waals surface area contributed by atoms with Crippen LogP contribution in [0.25, 0.3) is 0 Å². The fraction of sp³-hybridized carbons (Fsp3) is 0.909. The number of methoxy groups -OCH3 is 1. The molecule has 0 bridgehead atoms. The molecule has 1 aliphatic heterocycles. The zero-order valence-electron chi connectivity index (χ0n) is 9.82. The van der Waals surface area contributed by atoms with Crippen LogP contribution in [0.1, 0.15) is 33.1 Å². The number of likely N-dealkylation sites (tertiary alicyclic amines) is 1. The van der Waals surface area contributed by atoms with Crippen molar-refractivity contribution in [2.75, 3.05) is 20.2 Å². The molecule has 1 saturated heterocycles. The van der Waals surface area contributed by atoms with E-state index >= 15 is 0 Å². The third kappa shape index (κ3) is 3.80. The number of carbonyl (C=O) groups is 1. The summed E-state index contributed by atoms with van der Waals surface area (Å²) < 4.78 is 4.77. The van der Waals surface area contributed by atoms with Crippen LogP contribution < -0.4 is 0 Å². The third-order valence-corrected chi connectivity index (χ3v) is 2.68. The molecular formula is C11H21NO3. The number of aliphatic hydroxyl groups is 1. The van der Waals surface area contributed by atoms with Crippen molar-refractivity contribution in [1.82, 2.24) is 4.90 Å². The first kappa shape index (κ1) is 12.5. The standard InChI is InChI=1S/C11H21NO3/c1-11(2,14)8-12-7-5-4-6-9(12)10(13)15-3/h9,14H,4-8H2,1-3H3/t9-/m1/s1. The van der Waals surface area contributed by atoms with Gasteiger partial charge in [0.2, 0.25) is 0 Å². The van der Waals surface area contributed by atoms with Crippen LogP contribution in [0, 0.1) is 0 Å². The van der Waals surface area contributed by atoms with Gasteiger partial charge in [0, 0.05) is 6.54 Å². The highest BCUT2D eigenvalue weighted by Gasteiger charge is 2.32. The van der Waals surface area contributed by atoms with E-state index in [1.54, 1.807) is 13.8 Å². The Morgan fingerprint density at radius 2 is 2.20 bits per heavy atom. The Hall–Kier alpha value is -0.610. The molecule has 0 spiro atoms. The first-order valence-corrected chi connectivity index (χ1v) is 5.48. The van der Waals surface area contributed by atoms with Crippen LogP contribution in [-0.2, 0) is 9.53 Å². The summed E-state index contributed by atoms with van der Waals surface area (Å²) >= 11 is 0. The Morgan fingerprint density at radius 3 is 2.73 bits per heavy atom. The number of piperidine rings is 1. The van der Waals surface area contributed by atoms with Gasteiger partial charge in [0.1, 0.15) is 6.04 Å². The summed E-state index contributed by atoms with van der Waals surface area (Å²) in [6.45, 7) is 4.91. The van der Waals surface area contributed by atoms with Crippen molar-refractivity contribution >= 4 is 5.97 Å². The fourth-order valence-electron chi connectivity index (χ4n) is 2.08. The van der Waals surface area contributed by atoms with Gasteiger partial charge in [-0.3, -0.25) is 9.69 Å². The zero-order valence-corrected chi connectivity index (χ0v) is 9.82. The topological polar surface area (TPSA) is 49.8 Å². The van der Waals surface area contributed by atoms with E-state index in [1.807, 2.05) is 4.90 Å². The van der Waals surface area contributed by atoms with Gasteiger partial charge in [-0.25, -0.2) is 0 Å². The second-order valence-electron chi connectivity index (χ2n) is 4.82. The highest BCUT2D eigenvalue weighted by atomic mass is 16.5. The SMILES string of the molecule is COC(=O)[C@H]1CCCCN1CC(C)(C)O. The lowest BCUT2D eigenvalue weighted by atomic mass is 9.99. The van der Waals surface area contributed by atoms with E-state index in [0.29, 0.717) is 6.54 Å². The molecule has 88 valence electrons. The molecule has 1 atom stereocenters. The van der Waals surface area contributed by atoms with Crippen molar-refractivity contribution in [3.8, 4) is 0 Å². The number of β-amino-alcohol motifs (C(OH)–C–C–N with tert-alkyl or cyclic N) is 1. The van der Waals surface area contributed by atoms with Gasteiger partial charge in [0.15, 0.2) is 0 Å². The third-order valence-electron chi connectivity index (χ3n) is 2.68. The van der Waals surface area contributed by atoms with Gasteiger partial charge in [-0.1, -0.05) is 6.42 Å². The molecule has 0 aromatic heterocycles. The normalized spacial score (nSPS) is 23.9. The first-order chi connectivity index (χ1) is 6.94. The lowest BCUT2D eigenvalue weighted by Gasteiger charge is -2.37. The van der Waals surface area contributed by atoms with Crippen molar-refractivity contribution in [1.29, 1.82) is 0 Å². The van der Waals surface area contributed by atoms with Crippen molar-refractivity contribution in [2.45, 2.75) is 44.8 Å². The highest BCUT2D eigenvalue weighted by molar-refractivity contribution is 5.75. The predicted octanol–water partition coefficient (Wildman–Crippen LogP) is 0.785. The molecule has 1 fully saturated rings. The van der Waals surface area contributed by atoms with Crippen LogP contribution in [0.4, 0.5) is 0 Å². The molecule has 4 nitrogen and oxygen atoms in total. The van der Waals surface area contributed by atoms with E-state index in [9.17, 15) is 9.90 Å². The minimum Gasteiger partial charge on any atom is -0.468 e. The summed E-state index contributed by atoms with van der Waals surface area (Å²) in [5.41, 5.74) is -0.760. The molecule has 0 unspecified atom stereocenters. The molecule has 1 aliphatic rings. The van der Waals surface area contributed by atoms with Crippen molar-refractivity contribution < 1.29 is 14.6 Å². The summed E-state index contributed by atoms with van der Waals surface area (Å²) in [6, 6.07) is -0.171. The molecular weight excluding hydrogens is 194 g/mol. The minimum atomic E-state index is -0.760. The second-order valence-corrected chi connectivity index (χ2v) is 4.82. The first-order valence-electron chi connectivity index (χ1n) is 5.48. The monoisotopic (exact) mass is 215 g/mol. The molecule has 0 aromatic rings. The number of nitrogens with zero attached hydrogens (tertiary/aromatic N) is 1. The maximum atomic E-state index is 11.5. The number of carbonyl (C=O) groups excluding carboxylic acids is 1. The summed E-state index contributed by atoms with van der Waals surface area (Å²) in [4.78, 5) is 13.5. The average molecular weight is 215 g/mol. The van der Waals surface area contributed by atoms with Crippen LogP contribution in [0.2, 0.25) is 0 Å². The smallest absolute Gasteiger partial charge is 0.323 e. The van der Waals surface area contributed by atoms with Crippen LogP contribution in [0.3, 0.4) is 0 Å². The number of hydrogen-bond donors (Lipinski definition) is 1. The van der Waals surface area contributed by atoms with Crippen molar-refractivity contribution in [2.24, 2.45) is 0 Å². The number of rotatable bonds is 3. The maximum Gasteiger partial charge on any atom is 0.323 e. The number of ether oxygens (including phenoxy) is 1. The lowest BCUT2D eigenvalue weighted by molar-refractivity contribution is -0.149. The van der Waals surface area contributed by atoms with Crippen LogP contribution in [-0.4, -0.2) is 47.8 Å². The van der Waals surface area contributed by atoms with Crippen LogP contribution >= 0.6 is 0 Å². The zero-order chi connectivity index (χ0) is 11.5. The summed E-state index contributed by atoms with van der Waals surface area (Å²) in [5.74, 6) is -0.182. The van der Waals surface area contributed by atoms with E-state index in [0.717, 1.165) is 25.8 Å². The summed E-state index contributed by atoms with van der Waals surface area (Å²) in [6.07, 6.45) is 2.98.